The first kappa shape index (κ1) is 12.6. The standard InChI is InChI=1S/C13H14N4S2/c18-13(19)17-8-6-16(7-9-17)12-14-10-4-2-1-3-5-11(10)15-12/h1-5H,6-9H2,(H,18,19). The van der Waals surface area contributed by atoms with Gasteiger partial charge in [-0.05, 0) is 12.1 Å². The molecule has 0 N–H and O–H groups in total. The first-order valence-electron chi connectivity index (χ1n) is 6.19. The largest absolute Gasteiger partial charge is 0.354 e. The zero-order chi connectivity index (χ0) is 13.2. The van der Waals surface area contributed by atoms with Crippen LogP contribution in [-0.4, -0.2) is 45.4 Å². The molecule has 0 saturated carbocycles. The molecule has 3 rings (SSSR count). The molecule has 0 radical (unpaired) electrons. The fourth-order valence-electron chi connectivity index (χ4n) is 2.20. The molecule has 4 nitrogen and oxygen atoms in total. The van der Waals surface area contributed by atoms with Gasteiger partial charge < -0.3 is 9.80 Å². The number of fused-ring (bicyclic) bond motifs is 1. The van der Waals surface area contributed by atoms with Crippen LogP contribution in [0.1, 0.15) is 0 Å². The first-order chi connectivity index (χ1) is 9.24. The predicted octanol–water partition coefficient (Wildman–Crippen LogP) is 1.92. The Bertz CT molecular complexity index is 536. The summed E-state index contributed by atoms with van der Waals surface area (Å²) in [5, 5.41) is 0. The molecule has 98 valence electrons. The maximum Gasteiger partial charge on any atom is 0.226 e. The topological polar surface area (TPSA) is 32.3 Å². The number of anilines is 1. The van der Waals surface area contributed by atoms with Crippen LogP contribution in [0.5, 0.6) is 0 Å². The van der Waals surface area contributed by atoms with Crippen molar-refractivity contribution in [2.45, 2.75) is 0 Å². The minimum absolute atomic E-state index is 0.667. The molecule has 2 heterocycles. The molecule has 0 atom stereocenters. The van der Waals surface area contributed by atoms with E-state index in [1.807, 2.05) is 30.3 Å². The number of thiocarbonyl (C=S) groups is 1. The Morgan fingerprint density at radius 2 is 1.58 bits per heavy atom. The third-order valence-corrected chi connectivity index (χ3v) is 3.81. The van der Waals surface area contributed by atoms with E-state index < -0.39 is 0 Å². The molecule has 2 aliphatic heterocycles. The van der Waals surface area contributed by atoms with E-state index in [9.17, 15) is 0 Å². The molecule has 0 spiro atoms. The van der Waals surface area contributed by atoms with E-state index in [1.165, 1.54) is 0 Å². The quantitative estimate of drug-likeness (QED) is 0.641. The predicted molar refractivity (Wildman–Crippen MR) is 84.0 cm³/mol. The summed E-state index contributed by atoms with van der Waals surface area (Å²) in [6.45, 7) is 3.51. The van der Waals surface area contributed by atoms with Gasteiger partial charge in [-0.1, -0.05) is 30.4 Å². The van der Waals surface area contributed by atoms with Crippen LogP contribution in [0.2, 0.25) is 0 Å². The van der Waals surface area contributed by atoms with Crippen LogP contribution in [0.4, 0.5) is 5.95 Å². The summed E-state index contributed by atoms with van der Waals surface area (Å²) in [5.41, 5.74) is 1.87. The molecule has 1 fully saturated rings. The number of nitrogens with zero attached hydrogens (tertiary/aromatic N) is 4. The average Bonchev–Trinajstić information content (AvgIpc) is 2.70. The maximum absolute atomic E-state index is 5.08. The van der Waals surface area contributed by atoms with Crippen LogP contribution in [0, 0.1) is 0 Å². The van der Waals surface area contributed by atoms with E-state index in [4.69, 9.17) is 12.2 Å². The van der Waals surface area contributed by atoms with Crippen molar-refractivity contribution in [1.82, 2.24) is 14.9 Å². The Hall–Kier alpha value is -1.40. The highest BCUT2D eigenvalue weighted by molar-refractivity contribution is 8.10. The number of hydrogen-bond acceptors (Lipinski definition) is 4. The fourth-order valence-corrected chi connectivity index (χ4v) is 2.58. The molecule has 3 aliphatic rings. The van der Waals surface area contributed by atoms with E-state index >= 15 is 0 Å². The van der Waals surface area contributed by atoms with Crippen molar-refractivity contribution in [1.29, 1.82) is 0 Å². The summed E-state index contributed by atoms with van der Waals surface area (Å²) in [6, 6.07) is 9.93. The lowest BCUT2D eigenvalue weighted by atomic mass is 10.3. The molecule has 0 aromatic carbocycles. The van der Waals surface area contributed by atoms with Crippen molar-refractivity contribution in [3.8, 4) is 11.4 Å². The number of hydrogen-bond donors (Lipinski definition) is 1. The van der Waals surface area contributed by atoms with Crippen LogP contribution in [-0.2, 0) is 0 Å². The summed E-state index contributed by atoms with van der Waals surface area (Å²) < 4.78 is 0.667. The normalized spacial score (nSPS) is 15.8. The van der Waals surface area contributed by atoms with Gasteiger partial charge in [-0.15, -0.1) is 12.6 Å². The van der Waals surface area contributed by atoms with E-state index in [1.54, 1.807) is 0 Å². The zero-order valence-corrected chi connectivity index (χ0v) is 12.1. The zero-order valence-electron chi connectivity index (χ0n) is 10.4. The highest BCUT2D eigenvalue weighted by Crippen LogP contribution is 2.22. The summed E-state index contributed by atoms with van der Waals surface area (Å²) in [5.74, 6) is 0.811. The molecule has 1 saturated heterocycles. The van der Waals surface area contributed by atoms with Gasteiger partial charge in [0.1, 0.15) is 4.32 Å². The van der Waals surface area contributed by atoms with Crippen molar-refractivity contribution in [2.24, 2.45) is 0 Å². The second-order valence-electron chi connectivity index (χ2n) is 4.46. The van der Waals surface area contributed by atoms with E-state index in [2.05, 4.69) is 32.4 Å². The van der Waals surface area contributed by atoms with Crippen molar-refractivity contribution in [2.75, 3.05) is 31.1 Å². The lowest BCUT2D eigenvalue weighted by Crippen LogP contribution is -2.47. The lowest BCUT2D eigenvalue weighted by Gasteiger charge is -2.34. The Morgan fingerprint density at radius 3 is 2.11 bits per heavy atom. The van der Waals surface area contributed by atoms with Crippen LogP contribution in [0.25, 0.3) is 11.4 Å². The van der Waals surface area contributed by atoms with Gasteiger partial charge in [-0.3, -0.25) is 0 Å². The fraction of sp³-hybridized carbons (Fsp3) is 0.308. The van der Waals surface area contributed by atoms with Crippen LogP contribution < -0.4 is 4.90 Å². The van der Waals surface area contributed by atoms with Crippen LogP contribution in [0.15, 0.2) is 30.3 Å². The Kier molecular flexibility index (Phi) is 3.52. The van der Waals surface area contributed by atoms with Gasteiger partial charge in [0.25, 0.3) is 0 Å². The second kappa shape index (κ2) is 5.30. The monoisotopic (exact) mass is 290 g/mol. The highest BCUT2D eigenvalue weighted by atomic mass is 32.1. The van der Waals surface area contributed by atoms with Gasteiger partial charge in [0.05, 0.1) is 11.4 Å². The third kappa shape index (κ3) is 2.64. The van der Waals surface area contributed by atoms with Gasteiger partial charge in [0.2, 0.25) is 5.95 Å². The average molecular weight is 290 g/mol. The van der Waals surface area contributed by atoms with Crippen molar-refractivity contribution in [3.63, 3.8) is 0 Å². The number of piperazine rings is 1. The van der Waals surface area contributed by atoms with Crippen molar-refractivity contribution < 1.29 is 0 Å². The molecule has 19 heavy (non-hydrogen) atoms. The lowest BCUT2D eigenvalue weighted by molar-refractivity contribution is 0.395. The summed E-state index contributed by atoms with van der Waals surface area (Å²) >= 11 is 9.29. The number of aromatic nitrogens is 2. The molecule has 0 bridgehead atoms. The van der Waals surface area contributed by atoms with Gasteiger partial charge >= 0.3 is 0 Å². The SMILES string of the molecule is S=C(S)N1CCN(c2nc3cccccc-3n2)CC1. The third-order valence-electron chi connectivity index (χ3n) is 3.27. The van der Waals surface area contributed by atoms with Gasteiger partial charge in [0.15, 0.2) is 0 Å². The molecule has 6 heteroatoms. The Morgan fingerprint density at radius 1 is 1.00 bits per heavy atom. The van der Waals surface area contributed by atoms with Crippen LogP contribution in [0.3, 0.4) is 0 Å². The number of rotatable bonds is 1. The van der Waals surface area contributed by atoms with E-state index in [0.29, 0.717) is 4.32 Å². The minimum Gasteiger partial charge on any atom is -0.354 e. The summed E-state index contributed by atoms with van der Waals surface area (Å²) in [4.78, 5) is 13.5. The molecule has 1 aliphatic carbocycles. The minimum atomic E-state index is 0.667. The summed E-state index contributed by atoms with van der Waals surface area (Å²) in [7, 11) is 0. The Balaban J connectivity index is 1.79. The molecular weight excluding hydrogens is 276 g/mol. The van der Waals surface area contributed by atoms with Crippen molar-refractivity contribution >= 4 is 35.1 Å². The van der Waals surface area contributed by atoms with E-state index in [0.717, 1.165) is 43.5 Å². The molecule has 0 aromatic rings. The van der Waals surface area contributed by atoms with Crippen molar-refractivity contribution in [3.05, 3.63) is 30.3 Å². The molecule has 0 amide bonds. The van der Waals surface area contributed by atoms with Gasteiger partial charge in [-0.25, -0.2) is 9.97 Å². The van der Waals surface area contributed by atoms with Gasteiger partial charge in [0, 0.05) is 26.2 Å². The smallest absolute Gasteiger partial charge is 0.226 e. The van der Waals surface area contributed by atoms with E-state index in [-0.39, 0.29) is 0 Å². The van der Waals surface area contributed by atoms with Crippen LogP contribution >= 0.6 is 24.8 Å². The molecule has 0 aromatic heterocycles. The highest BCUT2D eigenvalue weighted by Gasteiger charge is 2.21. The summed E-state index contributed by atoms with van der Waals surface area (Å²) in [6.07, 6.45) is 0. The Labute approximate surface area is 123 Å². The number of thiol groups is 1. The maximum atomic E-state index is 5.08. The van der Waals surface area contributed by atoms with Gasteiger partial charge in [-0.2, -0.15) is 0 Å². The first-order valence-corrected chi connectivity index (χ1v) is 7.05. The molecule has 0 unspecified atom stereocenters. The second-order valence-corrected chi connectivity index (χ2v) is 5.57. The number of imidazole rings is 1. The molecular formula is C13H14N4S2.